The molecule has 0 heterocycles. The third kappa shape index (κ3) is 12.2. The van der Waals surface area contributed by atoms with Crippen molar-refractivity contribution >= 4 is 11.9 Å². The Balaban J connectivity index is 3.99. The molecule has 8 heteroatoms. The number of carbonyl (C=O) groups excluding carboxylic acids is 2. The minimum absolute atomic E-state index is 0.141. The zero-order chi connectivity index (χ0) is 19.9. The Morgan fingerprint density at radius 2 is 1.00 bits per heavy atom. The van der Waals surface area contributed by atoms with Crippen molar-refractivity contribution in [1.82, 2.24) is 0 Å². The predicted molar refractivity (Wildman–Crippen MR) is 94.4 cm³/mol. The van der Waals surface area contributed by atoms with Gasteiger partial charge >= 0.3 is 11.9 Å². The molecule has 0 aromatic rings. The first-order valence-corrected chi connectivity index (χ1v) is 9.20. The molecule has 0 bridgehead atoms. The summed E-state index contributed by atoms with van der Waals surface area (Å²) in [4.78, 5) is 32.5. The highest BCUT2D eigenvalue weighted by molar-refractivity contribution is 5.77. The number of ether oxygens (including phenoxy) is 4. The monoisotopic (exact) mass is 378 g/mol. The molecular weight excluding hydrogens is 344 g/mol. The molecule has 26 heavy (non-hydrogen) atoms. The second-order valence-corrected chi connectivity index (χ2v) is 6.12. The highest BCUT2D eigenvalue weighted by atomic mass is 17.2. The van der Waals surface area contributed by atoms with Crippen LogP contribution in [0.1, 0.15) is 54.4 Å². The lowest BCUT2D eigenvalue weighted by Crippen LogP contribution is -2.31. The summed E-state index contributed by atoms with van der Waals surface area (Å²) in [6, 6.07) is 0. The lowest BCUT2D eigenvalue weighted by molar-refractivity contribution is -0.271. The molecule has 8 nitrogen and oxygen atoms in total. The van der Waals surface area contributed by atoms with Gasteiger partial charge in [0.05, 0.1) is 25.4 Å². The molecule has 0 saturated heterocycles. The van der Waals surface area contributed by atoms with E-state index in [2.05, 4.69) is 9.78 Å². The van der Waals surface area contributed by atoms with Gasteiger partial charge in [-0.1, -0.05) is 13.8 Å². The highest BCUT2D eigenvalue weighted by Gasteiger charge is 2.23. The minimum atomic E-state index is -0.880. The van der Waals surface area contributed by atoms with E-state index in [-0.39, 0.29) is 25.4 Å². The van der Waals surface area contributed by atoms with E-state index in [9.17, 15) is 9.59 Å². The molecule has 0 saturated carbocycles. The van der Waals surface area contributed by atoms with E-state index in [0.717, 1.165) is 12.8 Å². The SMILES string of the molecule is CCCOC(C)COC(C)C(=O)OOC(=O)C(C)OCC(C)OCCC. The van der Waals surface area contributed by atoms with Crippen LogP contribution in [0.2, 0.25) is 0 Å². The predicted octanol–water partition coefficient (Wildman–Crippen LogP) is 2.43. The van der Waals surface area contributed by atoms with Gasteiger partial charge in [0.2, 0.25) is 0 Å². The summed E-state index contributed by atoms with van der Waals surface area (Å²) in [6.07, 6.45) is -0.233. The smallest absolute Gasteiger partial charge is 0.376 e. The fourth-order valence-corrected chi connectivity index (χ4v) is 1.65. The van der Waals surface area contributed by atoms with E-state index in [1.165, 1.54) is 13.8 Å². The first kappa shape index (κ1) is 24.8. The molecule has 0 spiro atoms. The molecule has 0 rings (SSSR count). The molecule has 0 N–H and O–H groups in total. The quantitative estimate of drug-likeness (QED) is 0.336. The van der Waals surface area contributed by atoms with E-state index in [1.807, 2.05) is 27.7 Å². The second kappa shape index (κ2) is 14.9. The molecule has 154 valence electrons. The van der Waals surface area contributed by atoms with Crippen molar-refractivity contribution < 1.29 is 38.3 Å². The Bertz CT molecular complexity index is 351. The molecule has 0 radical (unpaired) electrons. The molecule has 4 unspecified atom stereocenters. The summed E-state index contributed by atoms with van der Waals surface area (Å²) >= 11 is 0. The fraction of sp³-hybridized carbons (Fsp3) is 0.889. The second-order valence-electron chi connectivity index (χ2n) is 6.12. The Morgan fingerprint density at radius 3 is 1.31 bits per heavy atom. The molecule has 0 fully saturated rings. The zero-order valence-corrected chi connectivity index (χ0v) is 16.8. The first-order chi connectivity index (χ1) is 12.3. The summed E-state index contributed by atoms with van der Waals surface area (Å²) in [5.74, 6) is -1.60. The molecule has 0 aliphatic rings. The number of carbonyl (C=O) groups is 2. The van der Waals surface area contributed by atoms with Crippen molar-refractivity contribution in [2.75, 3.05) is 26.4 Å². The van der Waals surface area contributed by atoms with Crippen LogP contribution in [-0.2, 0) is 38.3 Å². The highest BCUT2D eigenvalue weighted by Crippen LogP contribution is 2.03. The third-order valence-electron chi connectivity index (χ3n) is 3.24. The van der Waals surface area contributed by atoms with Gasteiger partial charge in [-0.2, -0.15) is 0 Å². The van der Waals surface area contributed by atoms with Gasteiger partial charge in [0.1, 0.15) is 0 Å². The van der Waals surface area contributed by atoms with Crippen LogP contribution in [0, 0.1) is 0 Å². The van der Waals surface area contributed by atoms with Crippen LogP contribution in [0.3, 0.4) is 0 Å². The lowest BCUT2D eigenvalue weighted by Gasteiger charge is -2.17. The van der Waals surface area contributed by atoms with E-state index < -0.39 is 24.1 Å². The van der Waals surface area contributed by atoms with Crippen LogP contribution in [0.15, 0.2) is 0 Å². The lowest BCUT2D eigenvalue weighted by atomic mass is 10.4. The normalized spacial score (nSPS) is 15.8. The molecule has 4 atom stereocenters. The van der Waals surface area contributed by atoms with Crippen LogP contribution in [0.4, 0.5) is 0 Å². The standard InChI is InChI=1S/C18H34O8/c1-7-9-21-13(3)11-23-15(5)17(19)25-26-18(20)16(6)24-12-14(4)22-10-8-2/h13-16H,7-12H2,1-6H3. The largest absolute Gasteiger partial charge is 0.383 e. The molecule has 0 aromatic heterocycles. The molecular formula is C18H34O8. The summed E-state index contributed by atoms with van der Waals surface area (Å²) in [6.45, 7) is 12.4. The summed E-state index contributed by atoms with van der Waals surface area (Å²) in [5, 5.41) is 0. The van der Waals surface area contributed by atoms with Gasteiger partial charge < -0.3 is 18.9 Å². The van der Waals surface area contributed by atoms with Gasteiger partial charge in [0, 0.05) is 13.2 Å². The van der Waals surface area contributed by atoms with Crippen molar-refractivity contribution in [3.05, 3.63) is 0 Å². The average molecular weight is 378 g/mol. The number of hydrogen-bond donors (Lipinski definition) is 0. The fourth-order valence-electron chi connectivity index (χ4n) is 1.65. The Kier molecular flexibility index (Phi) is 14.2. The summed E-state index contributed by atoms with van der Waals surface area (Å²) in [5.41, 5.74) is 0. The Labute approximate surface area is 156 Å². The Hall–Kier alpha value is -1.22. The van der Waals surface area contributed by atoms with Crippen LogP contribution in [0.5, 0.6) is 0 Å². The van der Waals surface area contributed by atoms with Crippen molar-refractivity contribution in [3.63, 3.8) is 0 Å². The van der Waals surface area contributed by atoms with Gasteiger partial charge in [-0.3, -0.25) is 0 Å². The summed E-state index contributed by atoms with van der Waals surface area (Å²) in [7, 11) is 0. The Morgan fingerprint density at radius 1 is 0.654 bits per heavy atom. The maximum atomic E-state index is 11.8. The first-order valence-electron chi connectivity index (χ1n) is 9.20. The third-order valence-corrected chi connectivity index (χ3v) is 3.24. The van der Waals surface area contributed by atoms with Crippen LogP contribution in [-0.4, -0.2) is 62.8 Å². The van der Waals surface area contributed by atoms with Gasteiger partial charge in [0.25, 0.3) is 0 Å². The van der Waals surface area contributed by atoms with Gasteiger partial charge in [-0.05, 0) is 40.5 Å². The van der Waals surface area contributed by atoms with E-state index in [1.54, 1.807) is 0 Å². The summed E-state index contributed by atoms with van der Waals surface area (Å²) < 4.78 is 21.5. The van der Waals surface area contributed by atoms with Gasteiger partial charge in [-0.25, -0.2) is 19.4 Å². The minimum Gasteiger partial charge on any atom is -0.376 e. The van der Waals surface area contributed by atoms with Crippen molar-refractivity contribution in [2.24, 2.45) is 0 Å². The number of hydrogen-bond acceptors (Lipinski definition) is 8. The molecule has 0 amide bonds. The average Bonchev–Trinajstić information content (AvgIpc) is 2.64. The van der Waals surface area contributed by atoms with Crippen LogP contribution >= 0.6 is 0 Å². The van der Waals surface area contributed by atoms with Crippen LogP contribution < -0.4 is 0 Å². The molecule has 0 aliphatic heterocycles. The molecule has 0 aromatic carbocycles. The van der Waals surface area contributed by atoms with Crippen molar-refractivity contribution in [2.45, 2.75) is 78.8 Å². The van der Waals surface area contributed by atoms with Crippen LogP contribution in [0.25, 0.3) is 0 Å². The van der Waals surface area contributed by atoms with Gasteiger partial charge in [0.15, 0.2) is 12.2 Å². The van der Waals surface area contributed by atoms with E-state index >= 15 is 0 Å². The number of rotatable bonds is 14. The maximum absolute atomic E-state index is 11.8. The van der Waals surface area contributed by atoms with Crippen molar-refractivity contribution in [3.8, 4) is 0 Å². The van der Waals surface area contributed by atoms with Gasteiger partial charge in [-0.15, -0.1) is 0 Å². The topological polar surface area (TPSA) is 89.5 Å². The van der Waals surface area contributed by atoms with Crippen molar-refractivity contribution in [1.29, 1.82) is 0 Å². The van der Waals surface area contributed by atoms with E-state index in [4.69, 9.17) is 18.9 Å². The zero-order valence-electron chi connectivity index (χ0n) is 16.8. The maximum Gasteiger partial charge on any atom is 0.383 e. The molecule has 0 aliphatic carbocycles. The van der Waals surface area contributed by atoms with E-state index in [0.29, 0.717) is 13.2 Å².